The van der Waals surface area contributed by atoms with Crippen molar-refractivity contribution >= 4 is 12.0 Å². The molecule has 0 atom stereocenters. The van der Waals surface area contributed by atoms with E-state index in [0.717, 1.165) is 5.56 Å². The van der Waals surface area contributed by atoms with Gasteiger partial charge in [-0.2, -0.15) is 0 Å². The summed E-state index contributed by atoms with van der Waals surface area (Å²) in [6.45, 7) is 1.28. The molecule has 0 aliphatic carbocycles. The molecule has 26 heavy (non-hydrogen) atoms. The van der Waals surface area contributed by atoms with Crippen LogP contribution in [0, 0.1) is 0 Å². The van der Waals surface area contributed by atoms with Crippen LogP contribution in [0.5, 0.6) is 5.75 Å². The van der Waals surface area contributed by atoms with Gasteiger partial charge in [0.05, 0.1) is 5.56 Å². The molecule has 3 rings (SSSR count). The van der Waals surface area contributed by atoms with Crippen molar-refractivity contribution in [3.63, 3.8) is 0 Å². The molecule has 1 fully saturated rings. The number of amides is 2. The summed E-state index contributed by atoms with van der Waals surface area (Å²) in [6.07, 6.45) is 0.860. The summed E-state index contributed by atoms with van der Waals surface area (Å²) in [4.78, 5) is 26.1. The number of nitrogens with one attached hydrogen (secondary N) is 1. The zero-order chi connectivity index (χ0) is 18.4. The number of rotatable bonds is 4. The van der Waals surface area contributed by atoms with Gasteiger partial charge in [-0.15, -0.1) is 0 Å². The van der Waals surface area contributed by atoms with E-state index < -0.39 is 6.09 Å². The van der Waals surface area contributed by atoms with Gasteiger partial charge >= 0.3 is 6.09 Å². The molecule has 136 valence electrons. The van der Waals surface area contributed by atoms with Crippen LogP contribution in [0.1, 0.15) is 28.8 Å². The summed E-state index contributed by atoms with van der Waals surface area (Å²) in [5, 5.41) is 12.7. The van der Waals surface area contributed by atoms with Crippen molar-refractivity contribution in [3.8, 4) is 5.75 Å². The summed E-state index contributed by atoms with van der Waals surface area (Å²) in [7, 11) is 0. The van der Waals surface area contributed by atoms with Crippen molar-refractivity contribution in [1.82, 2.24) is 10.2 Å². The minimum absolute atomic E-state index is 0.0118. The Morgan fingerprint density at radius 2 is 1.69 bits per heavy atom. The molecule has 0 unspecified atom stereocenters. The van der Waals surface area contributed by atoms with E-state index in [1.807, 2.05) is 30.3 Å². The average molecular weight is 354 g/mol. The highest BCUT2D eigenvalue weighted by atomic mass is 16.5. The maximum Gasteiger partial charge on any atom is 0.407 e. The first-order valence-electron chi connectivity index (χ1n) is 8.68. The molecule has 0 radical (unpaired) electrons. The van der Waals surface area contributed by atoms with E-state index in [1.165, 1.54) is 6.07 Å². The Labute approximate surface area is 152 Å². The molecule has 6 heteroatoms. The SMILES string of the molecule is O=C(NC1CCN(C(=O)c2ccccc2O)CC1)OCc1ccccc1. The molecular weight excluding hydrogens is 332 g/mol. The van der Waals surface area contributed by atoms with Crippen LogP contribution in [-0.2, 0) is 11.3 Å². The smallest absolute Gasteiger partial charge is 0.407 e. The number of phenolic OH excluding ortho intramolecular Hbond substituents is 1. The molecule has 1 saturated heterocycles. The molecule has 6 nitrogen and oxygen atoms in total. The summed E-state index contributed by atoms with van der Waals surface area (Å²) in [5.41, 5.74) is 1.24. The van der Waals surface area contributed by atoms with Crippen LogP contribution in [0.3, 0.4) is 0 Å². The maximum absolute atomic E-state index is 12.5. The molecule has 0 saturated carbocycles. The number of phenols is 1. The fourth-order valence-corrected chi connectivity index (χ4v) is 2.98. The maximum atomic E-state index is 12.5. The van der Waals surface area contributed by atoms with Crippen molar-refractivity contribution in [1.29, 1.82) is 0 Å². The van der Waals surface area contributed by atoms with Gasteiger partial charge in [-0.3, -0.25) is 4.79 Å². The van der Waals surface area contributed by atoms with Gasteiger partial charge in [0.25, 0.3) is 5.91 Å². The Kier molecular flexibility index (Phi) is 5.73. The van der Waals surface area contributed by atoms with Gasteiger partial charge < -0.3 is 20.1 Å². The van der Waals surface area contributed by atoms with Gasteiger partial charge in [0.15, 0.2) is 0 Å². The third kappa shape index (κ3) is 4.53. The first-order chi connectivity index (χ1) is 12.6. The fourth-order valence-electron chi connectivity index (χ4n) is 2.98. The third-order valence-corrected chi connectivity index (χ3v) is 4.45. The van der Waals surface area contributed by atoms with Gasteiger partial charge in [-0.25, -0.2) is 4.79 Å². The van der Waals surface area contributed by atoms with Crippen molar-refractivity contribution in [2.45, 2.75) is 25.5 Å². The molecule has 0 spiro atoms. The van der Waals surface area contributed by atoms with E-state index in [4.69, 9.17) is 4.74 Å². The second kappa shape index (κ2) is 8.38. The quantitative estimate of drug-likeness (QED) is 0.885. The van der Waals surface area contributed by atoms with Crippen LogP contribution < -0.4 is 5.32 Å². The van der Waals surface area contributed by atoms with Crippen molar-refractivity contribution in [2.24, 2.45) is 0 Å². The Bertz CT molecular complexity index is 755. The van der Waals surface area contributed by atoms with Crippen molar-refractivity contribution in [3.05, 3.63) is 65.7 Å². The number of carbonyl (C=O) groups is 2. The Morgan fingerprint density at radius 3 is 2.38 bits per heavy atom. The Hall–Kier alpha value is -3.02. The molecular formula is C20H22N2O4. The number of aromatic hydroxyl groups is 1. The predicted molar refractivity (Wildman–Crippen MR) is 96.8 cm³/mol. The van der Waals surface area contributed by atoms with Gasteiger partial charge in [-0.05, 0) is 30.5 Å². The molecule has 2 N–H and O–H groups in total. The van der Waals surface area contributed by atoms with Crippen LogP contribution in [0.2, 0.25) is 0 Å². The number of likely N-dealkylation sites (tertiary alicyclic amines) is 1. The number of hydrogen-bond acceptors (Lipinski definition) is 4. The number of para-hydroxylation sites is 1. The summed E-state index contributed by atoms with van der Waals surface area (Å²) in [6, 6.07) is 16.0. The molecule has 0 bridgehead atoms. The molecule has 1 heterocycles. The number of nitrogens with zero attached hydrogens (tertiary/aromatic N) is 1. The van der Waals surface area contributed by atoms with Crippen LogP contribution in [-0.4, -0.2) is 41.1 Å². The number of carbonyl (C=O) groups excluding carboxylic acids is 2. The lowest BCUT2D eigenvalue weighted by atomic mass is 10.0. The number of piperidine rings is 1. The van der Waals surface area contributed by atoms with E-state index in [2.05, 4.69) is 5.32 Å². The summed E-state index contributed by atoms with van der Waals surface area (Å²) >= 11 is 0. The summed E-state index contributed by atoms with van der Waals surface area (Å²) in [5.74, 6) is -0.199. The highest BCUT2D eigenvalue weighted by molar-refractivity contribution is 5.96. The van der Waals surface area contributed by atoms with Crippen LogP contribution in [0.4, 0.5) is 4.79 Å². The van der Waals surface area contributed by atoms with E-state index in [9.17, 15) is 14.7 Å². The number of benzene rings is 2. The zero-order valence-electron chi connectivity index (χ0n) is 14.4. The highest BCUT2D eigenvalue weighted by Gasteiger charge is 2.26. The third-order valence-electron chi connectivity index (χ3n) is 4.45. The van der Waals surface area contributed by atoms with E-state index in [1.54, 1.807) is 23.1 Å². The standard InChI is InChI=1S/C20H22N2O4/c23-18-9-5-4-8-17(18)19(24)22-12-10-16(11-13-22)21-20(25)26-14-15-6-2-1-3-7-15/h1-9,16,23H,10-14H2,(H,21,25). The molecule has 1 aliphatic rings. The molecule has 1 aliphatic heterocycles. The topological polar surface area (TPSA) is 78.9 Å². The minimum Gasteiger partial charge on any atom is -0.507 e. The molecule has 0 aromatic heterocycles. The first-order valence-corrected chi connectivity index (χ1v) is 8.68. The number of ether oxygens (including phenoxy) is 1. The van der Waals surface area contributed by atoms with Crippen molar-refractivity contribution < 1.29 is 19.4 Å². The predicted octanol–water partition coefficient (Wildman–Crippen LogP) is 2.92. The minimum atomic E-state index is -0.445. The molecule has 2 aromatic rings. The Balaban J connectivity index is 1.44. The van der Waals surface area contributed by atoms with E-state index in [0.29, 0.717) is 31.5 Å². The van der Waals surface area contributed by atoms with E-state index >= 15 is 0 Å². The van der Waals surface area contributed by atoms with Crippen LogP contribution >= 0.6 is 0 Å². The van der Waals surface area contributed by atoms with Gasteiger partial charge in [-0.1, -0.05) is 42.5 Å². The number of hydrogen-bond donors (Lipinski definition) is 2. The van der Waals surface area contributed by atoms with Gasteiger partial charge in [0.2, 0.25) is 0 Å². The lowest BCUT2D eigenvalue weighted by Gasteiger charge is -2.32. The lowest BCUT2D eigenvalue weighted by Crippen LogP contribution is -2.46. The second-order valence-electron chi connectivity index (χ2n) is 6.29. The monoisotopic (exact) mass is 354 g/mol. The lowest BCUT2D eigenvalue weighted by molar-refractivity contribution is 0.0698. The van der Waals surface area contributed by atoms with Crippen molar-refractivity contribution in [2.75, 3.05) is 13.1 Å². The van der Waals surface area contributed by atoms with Gasteiger partial charge in [0, 0.05) is 19.1 Å². The van der Waals surface area contributed by atoms with Crippen LogP contribution in [0.25, 0.3) is 0 Å². The number of alkyl carbamates (subject to hydrolysis) is 1. The second-order valence-corrected chi connectivity index (χ2v) is 6.29. The van der Waals surface area contributed by atoms with E-state index in [-0.39, 0.29) is 24.3 Å². The van der Waals surface area contributed by atoms with Gasteiger partial charge in [0.1, 0.15) is 12.4 Å². The first kappa shape index (κ1) is 17.8. The molecule has 2 aromatic carbocycles. The van der Waals surface area contributed by atoms with Crippen LogP contribution in [0.15, 0.2) is 54.6 Å². The highest BCUT2D eigenvalue weighted by Crippen LogP contribution is 2.20. The fraction of sp³-hybridized carbons (Fsp3) is 0.300. The molecule has 2 amide bonds. The summed E-state index contributed by atoms with van der Waals surface area (Å²) < 4.78 is 5.23. The average Bonchev–Trinajstić information content (AvgIpc) is 2.68. The largest absolute Gasteiger partial charge is 0.507 e. The normalized spacial score (nSPS) is 14.7. The zero-order valence-corrected chi connectivity index (χ0v) is 14.4. The Morgan fingerprint density at radius 1 is 1.04 bits per heavy atom.